The van der Waals surface area contributed by atoms with E-state index in [9.17, 15) is 18.5 Å². The second-order valence-corrected chi connectivity index (χ2v) is 7.55. The second kappa shape index (κ2) is 7.15. The fraction of sp³-hybridized carbons (Fsp3) is 0.429. The first kappa shape index (κ1) is 17.3. The molecular weight excluding hydrogens is 348 g/mol. The van der Waals surface area contributed by atoms with Crippen LogP contribution in [0.2, 0.25) is 0 Å². The van der Waals surface area contributed by atoms with Crippen LogP contribution in [0, 0.1) is 10.1 Å². The van der Waals surface area contributed by atoms with E-state index in [4.69, 9.17) is 0 Å². The van der Waals surface area contributed by atoms with Crippen LogP contribution < -0.4 is 5.32 Å². The number of rotatable bonds is 7. The van der Waals surface area contributed by atoms with Gasteiger partial charge in [0.2, 0.25) is 10.0 Å². The largest absolute Gasteiger partial charge is 0.382 e. The first-order valence-electron chi connectivity index (χ1n) is 7.85. The number of nitro groups is 1. The molecule has 2 heterocycles. The second-order valence-electron chi connectivity index (χ2n) is 5.64. The fourth-order valence-electron chi connectivity index (χ4n) is 2.71. The zero-order valence-electron chi connectivity index (χ0n) is 13.4. The van der Waals surface area contributed by atoms with Crippen molar-refractivity contribution in [2.24, 2.45) is 0 Å². The van der Waals surface area contributed by atoms with Crippen LogP contribution >= 0.6 is 0 Å². The molecule has 10 nitrogen and oxygen atoms in total. The molecule has 1 fully saturated rings. The maximum atomic E-state index is 12.9. The summed E-state index contributed by atoms with van der Waals surface area (Å²) in [6, 6.07) is 3.84. The van der Waals surface area contributed by atoms with Gasteiger partial charge in [0, 0.05) is 38.0 Å². The molecule has 3 rings (SSSR count). The van der Waals surface area contributed by atoms with E-state index in [1.165, 1.54) is 16.4 Å². The summed E-state index contributed by atoms with van der Waals surface area (Å²) in [6.45, 7) is 1.76. The first-order chi connectivity index (χ1) is 12.0. The number of aromatic nitrogens is 3. The van der Waals surface area contributed by atoms with Crippen molar-refractivity contribution in [2.45, 2.75) is 24.3 Å². The van der Waals surface area contributed by atoms with Crippen molar-refractivity contribution in [1.29, 1.82) is 0 Å². The third kappa shape index (κ3) is 3.77. The number of hydrogen-bond acceptors (Lipinski definition) is 7. The van der Waals surface area contributed by atoms with Crippen molar-refractivity contribution in [3.05, 3.63) is 40.7 Å². The minimum atomic E-state index is -3.78. The summed E-state index contributed by atoms with van der Waals surface area (Å²) in [7, 11) is -3.78. The lowest BCUT2D eigenvalue weighted by molar-refractivity contribution is -0.385. The number of sulfonamides is 1. The topological polar surface area (TPSA) is 123 Å². The summed E-state index contributed by atoms with van der Waals surface area (Å²) >= 11 is 0. The summed E-state index contributed by atoms with van der Waals surface area (Å²) in [5.41, 5.74) is 0.0946. The molecule has 2 aromatic rings. The Kier molecular flexibility index (Phi) is 4.95. The van der Waals surface area contributed by atoms with Gasteiger partial charge in [0.05, 0.1) is 23.4 Å². The third-order valence-corrected chi connectivity index (χ3v) is 5.93. The highest BCUT2D eigenvalue weighted by molar-refractivity contribution is 7.89. The van der Waals surface area contributed by atoms with Crippen LogP contribution in [0.5, 0.6) is 0 Å². The predicted molar refractivity (Wildman–Crippen MR) is 89.6 cm³/mol. The number of nitrogens with one attached hydrogen (secondary N) is 1. The van der Waals surface area contributed by atoms with Crippen molar-refractivity contribution in [3.63, 3.8) is 0 Å². The van der Waals surface area contributed by atoms with E-state index in [2.05, 4.69) is 15.6 Å². The van der Waals surface area contributed by atoms with E-state index in [-0.39, 0.29) is 10.6 Å². The predicted octanol–water partition coefficient (Wildman–Crippen LogP) is 1.08. The Balaban J connectivity index is 1.87. The van der Waals surface area contributed by atoms with E-state index < -0.39 is 14.9 Å². The van der Waals surface area contributed by atoms with Gasteiger partial charge in [-0.2, -0.15) is 4.31 Å². The number of hydrogen-bond donors (Lipinski definition) is 1. The smallest absolute Gasteiger partial charge is 0.270 e. The first-order valence-corrected chi connectivity index (χ1v) is 9.29. The molecule has 1 aliphatic rings. The summed E-state index contributed by atoms with van der Waals surface area (Å²) < 4.78 is 28.7. The molecule has 0 atom stereocenters. The number of anilines is 1. The van der Waals surface area contributed by atoms with Gasteiger partial charge >= 0.3 is 0 Å². The molecule has 1 saturated heterocycles. The molecule has 0 amide bonds. The maximum Gasteiger partial charge on any atom is 0.270 e. The Morgan fingerprint density at radius 1 is 1.28 bits per heavy atom. The zero-order valence-corrected chi connectivity index (χ0v) is 14.2. The lowest BCUT2D eigenvalue weighted by Crippen LogP contribution is -2.28. The number of benzene rings is 1. The molecule has 0 unspecified atom stereocenters. The van der Waals surface area contributed by atoms with Crippen LogP contribution in [0.3, 0.4) is 0 Å². The van der Waals surface area contributed by atoms with Crippen LogP contribution in [0.25, 0.3) is 0 Å². The van der Waals surface area contributed by atoms with Gasteiger partial charge in [0.1, 0.15) is 4.90 Å². The van der Waals surface area contributed by atoms with Gasteiger partial charge < -0.3 is 5.32 Å². The molecule has 1 aliphatic heterocycles. The Hall–Kier alpha value is -2.53. The van der Waals surface area contributed by atoms with E-state index in [1.54, 1.807) is 17.1 Å². The molecule has 11 heteroatoms. The van der Waals surface area contributed by atoms with Crippen molar-refractivity contribution in [1.82, 2.24) is 19.3 Å². The normalized spacial score (nSPS) is 15.4. The molecule has 0 spiro atoms. The average molecular weight is 366 g/mol. The fourth-order valence-corrected chi connectivity index (χ4v) is 4.41. The monoisotopic (exact) mass is 366 g/mol. The van der Waals surface area contributed by atoms with Gasteiger partial charge in [-0.1, -0.05) is 5.21 Å². The van der Waals surface area contributed by atoms with E-state index in [0.717, 1.165) is 18.9 Å². The van der Waals surface area contributed by atoms with E-state index in [0.29, 0.717) is 31.9 Å². The Bertz CT molecular complexity index is 846. The van der Waals surface area contributed by atoms with Crippen LogP contribution in [0.4, 0.5) is 11.4 Å². The molecule has 1 aromatic heterocycles. The molecule has 25 heavy (non-hydrogen) atoms. The molecule has 0 aliphatic carbocycles. The van der Waals surface area contributed by atoms with Gasteiger partial charge in [-0.15, -0.1) is 5.10 Å². The van der Waals surface area contributed by atoms with E-state index >= 15 is 0 Å². The summed E-state index contributed by atoms with van der Waals surface area (Å²) in [6.07, 6.45) is 4.83. The molecular formula is C14H18N6O4S. The quantitative estimate of drug-likeness (QED) is 0.574. The molecule has 0 bridgehead atoms. The molecule has 134 valence electrons. The zero-order chi connectivity index (χ0) is 17.9. The van der Waals surface area contributed by atoms with Crippen LogP contribution in [-0.2, 0) is 16.6 Å². The van der Waals surface area contributed by atoms with Gasteiger partial charge in [-0.3, -0.25) is 14.8 Å². The lowest BCUT2D eigenvalue weighted by atomic mass is 10.3. The molecule has 1 N–H and O–H groups in total. The minimum absolute atomic E-state index is 0.0674. The minimum Gasteiger partial charge on any atom is -0.382 e. The third-order valence-electron chi connectivity index (χ3n) is 3.99. The summed E-state index contributed by atoms with van der Waals surface area (Å²) in [5, 5.41) is 21.6. The van der Waals surface area contributed by atoms with Crippen molar-refractivity contribution >= 4 is 21.4 Å². The van der Waals surface area contributed by atoms with Crippen LogP contribution in [0.15, 0.2) is 35.5 Å². The van der Waals surface area contributed by atoms with Gasteiger partial charge in [0.25, 0.3) is 5.69 Å². The maximum absolute atomic E-state index is 12.9. The lowest BCUT2D eigenvalue weighted by Gasteiger charge is -2.18. The summed E-state index contributed by atoms with van der Waals surface area (Å²) in [4.78, 5) is 10.4. The van der Waals surface area contributed by atoms with Crippen LogP contribution in [-0.4, -0.2) is 52.3 Å². The molecule has 0 radical (unpaired) electrons. The molecule has 0 saturated carbocycles. The average Bonchev–Trinajstić information content (AvgIpc) is 3.28. The van der Waals surface area contributed by atoms with Crippen LogP contribution in [0.1, 0.15) is 12.8 Å². The van der Waals surface area contributed by atoms with Crippen molar-refractivity contribution in [3.8, 4) is 0 Å². The Morgan fingerprint density at radius 2 is 2.04 bits per heavy atom. The molecule has 1 aromatic carbocycles. The van der Waals surface area contributed by atoms with Crippen molar-refractivity contribution in [2.75, 3.05) is 25.0 Å². The SMILES string of the molecule is O=[N+]([O-])c1ccc(NCCn2ccnn2)c(S(=O)(=O)N2CCCC2)c1. The van der Waals surface area contributed by atoms with Gasteiger partial charge in [-0.05, 0) is 18.9 Å². The Labute approximate surface area is 144 Å². The van der Waals surface area contributed by atoms with E-state index in [1.807, 2.05) is 0 Å². The highest BCUT2D eigenvalue weighted by Gasteiger charge is 2.30. The highest BCUT2D eigenvalue weighted by Crippen LogP contribution is 2.30. The standard InChI is InChI=1S/C14H18N6O4S/c21-20(22)12-3-4-13(15-5-9-18-10-6-16-17-18)14(11-12)25(23,24)19-7-1-2-8-19/h3-4,6,10-11,15H,1-2,5,7-9H2. The highest BCUT2D eigenvalue weighted by atomic mass is 32.2. The summed E-state index contributed by atoms with van der Waals surface area (Å²) in [5.74, 6) is 0. The number of non-ortho nitro benzene ring substituents is 1. The van der Waals surface area contributed by atoms with Crippen molar-refractivity contribution < 1.29 is 13.3 Å². The van der Waals surface area contributed by atoms with Gasteiger partial charge in [-0.25, -0.2) is 8.42 Å². The number of nitro benzene ring substituents is 1. The van der Waals surface area contributed by atoms with Gasteiger partial charge in [0.15, 0.2) is 0 Å². The number of nitrogens with zero attached hydrogens (tertiary/aromatic N) is 5. The Morgan fingerprint density at radius 3 is 2.68 bits per heavy atom.